The molecule has 2 aromatic rings. The molecule has 0 saturated carbocycles. The van der Waals surface area contributed by atoms with Gasteiger partial charge in [0.05, 0.1) is 32.3 Å². The number of benzene rings is 1. The molecule has 6 nitrogen and oxygen atoms in total. The highest BCUT2D eigenvalue weighted by Gasteiger charge is 2.44. The third-order valence-corrected chi connectivity index (χ3v) is 5.44. The first-order chi connectivity index (χ1) is 10.9. The minimum absolute atomic E-state index is 0.273. The predicted molar refractivity (Wildman–Crippen MR) is 88.1 cm³/mol. The number of ether oxygens (including phenoxy) is 1. The summed E-state index contributed by atoms with van der Waals surface area (Å²) in [6.45, 7) is -0.446. The summed E-state index contributed by atoms with van der Waals surface area (Å²) < 4.78 is 7.39. The van der Waals surface area contributed by atoms with Crippen molar-refractivity contribution in [3.8, 4) is 0 Å². The van der Waals surface area contributed by atoms with Crippen LogP contribution in [0.3, 0.4) is 0 Å². The van der Waals surface area contributed by atoms with E-state index in [9.17, 15) is 20.1 Å². The molecule has 1 aliphatic rings. The number of halogens is 3. The van der Waals surface area contributed by atoms with Gasteiger partial charge in [0.1, 0.15) is 18.3 Å². The highest BCUT2D eigenvalue weighted by molar-refractivity contribution is 9.10. The van der Waals surface area contributed by atoms with E-state index >= 15 is 0 Å². The van der Waals surface area contributed by atoms with Crippen molar-refractivity contribution < 1.29 is 24.9 Å². The summed E-state index contributed by atoms with van der Waals surface area (Å²) in [6, 6.07) is 3.09. The molecule has 0 aliphatic carbocycles. The number of aliphatic hydroxyl groups excluding tert-OH is 3. The Kier molecular flexibility index (Phi) is 4.72. The van der Waals surface area contributed by atoms with Crippen LogP contribution in [0.25, 0.3) is 10.9 Å². The van der Waals surface area contributed by atoms with E-state index in [0.717, 1.165) is 0 Å². The normalized spacial score (nSPS) is 27.7. The van der Waals surface area contributed by atoms with Crippen molar-refractivity contribution in [3.05, 3.63) is 32.3 Å². The largest absolute Gasteiger partial charge is 0.394 e. The van der Waals surface area contributed by atoms with Gasteiger partial charge in [-0.2, -0.15) is 0 Å². The third kappa shape index (κ3) is 2.60. The summed E-state index contributed by atoms with van der Waals surface area (Å²) in [5.74, 6) is 0. The minimum Gasteiger partial charge on any atom is -0.394 e. The molecular formula is C14H12BrCl2NO5. The van der Waals surface area contributed by atoms with Crippen LogP contribution in [0.15, 0.2) is 16.7 Å². The first-order valence-electron chi connectivity index (χ1n) is 6.66. The average molecular weight is 425 g/mol. The third-order valence-electron chi connectivity index (χ3n) is 3.91. The zero-order valence-electron chi connectivity index (χ0n) is 11.5. The van der Waals surface area contributed by atoms with Crippen molar-refractivity contribution in [2.24, 2.45) is 0 Å². The van der Waals surface area contributed by atoms with Crippen LogP contribution in [-0.2, 0) is 4.74 Å². The van der Waals surface area contributed by atoms with E-state index in [4.69, 9.17) is 27.9 Å². The molecule has 23 heavy (non-hydrogen) atoms. The Hall–Kier alpha value is -0.670. The van der Waals surface area contributed by atoms with Gasteiger partial charge in [0.2, 0.25) is 0 Å². The van der Waals surface area contributed by atoms with Crippen LogP contribution in [0.2, 0.25) is 10.0 Å². The Labute approximate surface area is 149 Å². The molecule has 3 rings (SSSR count). The van der Waals surface area contributed by atoms with E-state index in [-0.39, 0.29) is 10.0 Å². The van der Waals surface area contributed by atoms with Crippen LogP contribution in [0, 0.1) is 0 Å². The second-order valence-electron chi connectivity index (χ2n) is 5.20. The first kappa shape index (κ1) is 17.2. The van der Waals surface area contributed by atoms with E-state index in [2.05, 4.69) is 15.9 Å². The van der Waals surface area contributed by atoms with Crippen LogP contribution in [-0.4, -0.2) is 51.1 Å². The SMILES string of the molecule is O=Cc1c(Br)n(C2O[C@H](CO)[C@@H](O)[C@H]2O)c2cc(Cl)c(Cl)cc12. The maximum absolute atomic E-state index is 11.4. The molecule has 0 radical (unpaired) electrons. The Balaban J connectivity index is 2.24. The van der Waals surface area contributed by atoms with E-state index in [1.54, 1.807) is 12.1 Å². The predicted octanol–water partition coefficient (Wildman–Crippen LogP) is 2.13. The number of hydrogen-bond donors (Lipinski definition) is 3. The fraction of sp³-hybridized carbons (Fsp3) is 0.357. The molecule has 1 aromatic carbocycles. The summed E-state index contributed by atoms with van der Waals surface area (Å²) in [5.41, 5.74) is 0.819. The summed E-state index contributed by atoms with van der Waals surface area (Å²) in [6.07, 6.45) is -3.81. The topological polar surface area (TPSA) is 91.9 Å². The molecule has 1 unspecified atom stereocenters. The minimum atomic E-state index is -1.28. The van der Waals surface area contributed by atoms with Gasteiger partial charge in [0.25, 0.3) is 0 Å². The molecule has 0 bridgehead atoms. The van der Waals surface area contributed by atoms with Gasteiger partial charge in [0.15, 0.2) is 12.5 Å². The molecule has 1 fully saturated rings. The fourth-order valence-corrected chi connectivity index (χ4v) is 3.77. The number of carbonyl (C=O) groups excluding carboxylic acids is 1. The lowest BCUT2D eigenvalue weighted by atomic mass is 10.1. The zero-order chi connectivity index (χ0) is 16.9. The Morgan fingerprint density at radius 1 is 1.26 bits per heavy atom. The van der Waals surface area contributed by atoms with Gasteiger partial charge in [-0.3, -0.25) is 4.79 Å². The van der Waals surface area contributed by atoms with Gasteiger partial charge in [-0.25, -0.2) is 0 Å². The van der Waals surface area contributed by atoms with E-state index < -0.39 is 31.1 Å². The van der Waals surface area contributed by atoms with Crippen LogP contribution in [0.4, 0.5) is 0 Å². The second kappa shape index (κ2) is 6.33. The zero-order valence-corrected chi connectivity index (χ0v) is 14.6. The van der Waals surface area contributed by atoms with Gasteiger partial charge in [-0.1, -0.05) is 23.2 Å². The molecular weight excluding hydrogens is 413 g/mol. The van der Waals surface area contributed by atoms with Gasteiger partial charge >= 0.3 is 0 Å². The van der Waals surface area contributed by atoms with Crippen molar-refractivity contribution >= 4 is 56.3 Å². The second-order valence-corrected chi connectivity index (χ2v) is 6.77. The molecule has 0 amide bonds. The molecule has 0 spiro atoms. The van der Waals surface area contributed by atoms with E-state index in [0.29, 0.717) is 27.4 Å². The highest BCUT2D eigenvalue weighted by atomic mass is 79.9. The van der Waals surface area contributed by atoms with Crippen molar-refractivity contribution in [1.29, 1.82) is 0 Å². The Bertz CT molecular complexity index is 780. The molecule has 1 aliphatic heterocycles. The molecule has 124 valence electrons. The molecule has 1 saturated heterocycles. The standard InChI is InChI=1S/C14H12BrCl2NO5/c15-13-6(3-19)5-1-7(16)8(17)2-9(5)18(13)14-12(22)11(21)10(4-20)23-14/h1-3,10-12,14,20-22H,4H2/t10-,11-,12-,14?/m1/s1. The van der Waals surface area contributed by atoms with Crippen molar-refractivity contribution in [3.63, 3.8) is 0 Å². The fourth-order valence-electron chi connectivity index (χ4n) is 2.75. The van der Waals surface area contributed by atoms with Gasteiger partial charge in [0, 0.05) is 5.39 Å². The number of carbonyl (C=O) groups is 1. The van der Waals surface area contributed by atoms with Crippen LogP contribution < -0.4 is 0 Å². The van der Waals surface area contributed by atoms with E-state index in [1.165, 1.54) is 4.57 Å². The van der Waals surface area contributed by atoms with Gasteiger partial charge < -0.3 is 24.6 Å². The molecule has 1 aromatic heterocycles. The summed E-state index contributed by atoms with van der Waals surface area (Å²) in [5, 5.41) is 30.5. The number of aliphatic hydroxyl groups is 3. The van der Waals surface area contributed by atoms with Gasteiger partial charge in [-0.15, -0.1) is 0 Å². The van der Waals surface area contributed by atoms with Crippen molar-refractivity contribution in [2.75, 3.05) is 6.61 Å². The Morgan fingerprint density at radius 2 is 1.91 bits per heavy atom. The Morgan fingerprint density at radius 3 is 2.48 bits per heavy atom. The number of rotatable bonds is 3. The maximum Gasteiger partial charge on any atom is 0.164 e. The number of aldehydes is 1. The number of hydrogen-bond acceptors (Lipinski definition) is 5. The number of fused-ring (bicyclic) bond motifs is 1. The summed E-state index contributed by atoms with van der Waals surface area (Å²) in [4.78, 5) is 11.4. The average Bonchev–Trinajstić information content (AvgIpc) is 2.94. The van der Waals surface area contributed by atoms with Crippen molar-refractivity contribution in [2.45, 2.75) is 24.5 Å². The molecule has 3 N–H and O–H groups in total. The monoisotopic (exact) mass is 423 g/mol. The quantitative estimate of drug-likeness (QED) is 0.656. The van der Waals surface area contributed by atoms with Gasteiger partial charge in [-0.05, 0) is 28.1 Å². The van der Waals surface area contributed by atoms with Crippen LogP contribution >= 0.6 is 39.1 Å². The van der Waals surface area contributed by atoms with Crippen molar-refractivity contribution in [1.82, 2.24) is 4.57 Å². The summed E-state index contributed by atoms with van der Waals surface area (Å²) >= 11 is 15.4. The maximum atomic E-state index is 11.4. The molecule has 9 heteroatoms. The first-order valence-corrected chi connectivity index (χ1v) is 8.21. The van der Waals surface area contributed by atoms with Crippen LogP contribution in [0.5, 0.6) is 0 Å². The lowest BCUT2D eigenvalue weighted by Gasteiger charge is -2.19. The number of nitrogens with zero attached hydrogens (tertiary/aromatic N) is 1. The number of aromatic nitrogens is 1. The van der Waals surface area contributed by atoms with E-state index in [1.807, 2.05) is 0 Å². The lowest BCUT2D eigenvalue weighted by Crippen LogP contribution is -2.33. The smallest absolute Gasteiger partial charge is 0.164 e. The highest BCUT2D eigenvalue weighted by Crippen LogP contribution is 2.40. The lowest BCUT2D eigenvalue weighted by molar-refractivity contribution is -0.0515. The summed E-state index contributed by atoms with van der Waals surface area (Å²) in [7, 11) is 0. The van der Waals surface area contributed by atoms with Crippen LogP contribution in [0.1, 0.15) is 16.6 Å². The molecule has 4 atom stereocenters. The molecule has 2 heterocycles.